The molecule has 0 spiro atoms. The minimum Gasteiger partial charge on any atom is -0.489 e. The minimum absolute atomic E-state index is 0.254. The average Bonchev–Trinajstić information content (AvgIpc) is 2.41. The van der Waals surface area contributed by atoms with Gasteiger partial charge in [0.15, 0.2) is 0 Å². The lowest BCUT2D eigenvalue weighted by molar-refractivity contribution is 0.0696. The molecule has 4 heteroatoms. The van der Waals surface area contributed by atoms with Gasteiger partial charge in [-0.15, -0.1) is 0 Å². The zero-order chi connectivity index (χ0) is 13.8. The third-order valence-corrected chi connectivity index (χ3v) is 3.20. The number of hydrogen-bond acceptors (Lipinski definition) is 2. The largest absolute Gasteiger partial charge is 0.489 e. The highest BCUT2D eigenvalue weighted by Crippen LogP contribution is 2.25. The van der Waals surface area contributed by atoms with Gasteiger partial charge in [0.1, 0.15) is 12.4 Å². The molecule has 0 heterocycles. The SMILES string of the molecule is Cc1c(Cl)cccc1OCc1cccc(C(=O)O)c1. The standard InChI is InChI=1S/C15H13ClO3/c1-10-13(16)6-3-7-14(10)19-9-11-4-2-5-12(8-11)15(17)18/h2-8H,9H2,1H3,(H,17,18). The number of hydrogen-bond donors (Lipinski definition) is 1. The number of carboxylic acids is 1. The van der Waals surface area contributed by atoms with Crippen LogP contribution in [0, 0.1) is 6.92 Å². The van der Waals surface area contributed by atoms with E-state index in [-0.39, 0.29) is 5.56 Å². The maximum absolute atomic E-state index is 10.9. The fourth-order valence-electron chi connectivity index (χ4n) is 1.70. The molecule has 0 bridgehead atoms. The lowest BCUT2D eigenvalue weighted by Gasteiger charge is -2.10. The molecule has 2 aromatic rings. The van der Waals surface area contributed by atoms with E-state index in [9.17, 15) is 4.79 Å². The molecule has 0 atom stereocenters. The Hall–Kier alpha value is -2.00. The van der Waals surface area contributed by atoms with Crippen molar-refractivity contribution in [2.45, 2.75) is 13.5 Å². The van der Waals surface area contributed by atoms with Gasteiger partial charge in [-0.1, -0.05) is 29.8 Å². The lowest BCUT2D eigenvalue weighted by atomic mass is 10.1. The van der Waals surface area contributed by atoms with E-state index in [1.807, 2.05) is 25.1 Å². The molecule has 0 radical (unpaired) electrons. The molecule has 0 fully saturated rings. The predicted molar refractivity (Wildman–Crippen MR) is 73.9 cm³/mol. The van der Waals surface area contributed by atoms with Crippen LogP contribution < -0.4 is 4.74 Å². The number of ether oxygens (including phenoxy) is 1. The lowest BCUT2D eigenvalue weighted by Crippen LogP contribution is -2.01. The molecule has 3 nitrogen and oxygen atoms in total. The molecule has 19 heavy (non-hydrogen) atoms. The summed E-state index contributed by atoms with van der Waals surface area (Å²) in [6.07, 6.45) is 0. The Bertz CT molecular complexity index is 608. The van der Waals surface area contributed by atoms with Gasteiger partial charge in [0.05, 0.1) is 5.56 Å². The molecule has 2 rings (SSSR count). The third-order valence-electron chi connectivity index (χ3n) is 2.79. The van der Waals surface area contributed by atoms with E-state index in [2.05, 4.69) is 0 Å². The van der Waals surface area contributed by atoms with Crippen LogP contribution in [0.3, 0.4) is 0 Å². The zero-order valence-corrected chi connectivity index (χ0v) is 11.1. The molecule has 2 aromatic carbocycles. The van der Waals surface area contributed by atoms with Crippen LogP contribution >= 0.6 is 11.6 Å². The highest BCUT2D eigenvalue weighted by molar-refractivity contribution is 6.31. The fourth-order valence-corrected chi connectivity index (χ4v) is 1.87. The van der Waals surface area contributed by atoms with Crippen molar-refractivity contribution >= 4 is 17.6 Å². The van der Waals surface area contributed by atoms with E-state index < -0.39 is 5.97 Å². The average molecular weight is 277 g/mol. The summed E-state index contributed by atoms with van der Waals surface area (Å²) in [6, 6.07) is 12.1. The number of aromatic carboxylic acids is 1. The summed E-state index contributed by atoms with van der Waals surface area (Å²) in [5.74, 6) is -0.242. The summed E-state index contributed by atoms with van der Waals surface area (Å²) >= 11 is 6.00. The quantitative estimate of drug-likeness (QED) is 0.920. The van der Waals surface area contributed by atoms with Crippen molar-refractivity contribution in [3.63, 3.8) is 0 Å². The van der Waals surface area contributed by atoms with Gasteiger partial charge in [0.2, 0.25) is 0 Å². The summed E-state index contributed by atoms with van der Waals surface area (Å²) < 4.78 is 5.66. The number of benzene rings is 2. The summed E-state index contributed by atoms with van der Waals surface area (Å²) in [6.45, 7) is 2.19. The van der Waals surface area contributed by atoms with E-state index in [4.69, 9.17) is 21.4 Å². The summed E-state index contributed by atoms with van der Waals surface area (Å²) in [5.41, 5.74) is 1.93. The van der Waals surface area contributed by atoms with E-state index >= 15 is 0 Å². The second kappa shape index (κ2) is 5.76. The Balaban J connectivity index is 2.12. The van der Waals surface area contributed by atoms with Crippen LogP contribution in [0.4, 0.5) is 0 Å². The maximum Gasteiger partial charge on any atom is 0.335 e. The Morgan fingerprint density at radius 1 is 1.26 bits per heavy atom. The highest BCUT2D eigenvalue weighted by atomic mass is 35.5. The molecule has 98 valence electrons. The normalized spacial score (nSPS) is 10.2. The molecule has 1 N–H and O–H groups in total. The van der Waals surface area contributed by atoms with Crippen molar-refractivity contribution in [2.24, 2.45) is 0 Å². The fraction of sp³-hybridized carbons (Fsp3) is 0.133. The predicted octanol–water partition coefficient (Wildman–Crippen LogP) is 3.93. The Morgan fingerprint density at radius 2 is 2.00 bits per heavy atom. The van der Waals surface area contributed by atoms with Gasteiger partial charge in [0.25, 0.3) is 0 Å². The van der Waals surface area contributed by atoms with Crippen LogP contribution in [-0.4, -0.2) is 11.1 Å². The summed E-state index contributed by atoms with van der Waals surface area (Å²) in [4.78, 5) is 10.9. The van der Waals surface area contributed by atoms with Crippen LogP contribution in [0.5, 0.6) is 5.75 Å². The van der Waals surface area contributed by atoms with Crippen molar-refractivity contribution in [1.82, 2.24) is 0 Å². The third kappa shape index (κ3) is 3.26. The molecule has 0 aliphatic carbocycles. The zero-order valence-electron chi connectivity index (χ0n) is 10.4. The first kappa shape index (κ1) is 13.4. The second-order valence-corrected chi connectivity index (χ2v) is 4.56. The maximum atomic E-state index is 10.9. The van der Waals surface area contributed by atoms with E-state index in [1.165, 1.54) is 0 Å². The number of carbonyl (C=O) groups is 1. The molecule has 0 unspecified atom stereocenters. The Morgan fingerprint density at radius 3 is 2.74 bits per heavy atom. The first-order valence-electron chi connectivity index (χ1n) is 5.78. The van der Waals surface area contributed by atoms with Gasteiger partial charge in [-0.05, 0) is 36.8 Å². The van der Waals surface area contributed by atoms with Gasteiger partial charge in [-0.2, -0.15) is 0 Å². The molecule has 0 saturated heterocycles. The topological polar surface area (TPSA) is 46.5 Å². The van der Waals surface area contributed by atoms with E-state index in [0.717, 1.165) is 11.1 Å². The summed E-state index contributed by atoms with van der Waals surface area (Å²) in [7, 11) is 0. The van der Waals surface area contributed by atoms with Crippen molar-refractivity contribution < 1.29 is 14.6 Å². The van der Waals surface area contributed by atoms with Crippen molar-refractivity contribution in [1.29, 1.82) is 0 Å². The molecule has 0 aliphatic heterocycles. The van der Waals surface area contributed by atoms with Crippen molar-refractivity contribution in [3.05, 3.63) is 64.2 Å². The van der Waals surface area contributed by atoms with E-state index in [0.29, 0.717) is 17.4 Å². The molecule has 0 saturated carbocycles. The second-order valence-electron chi connectivity index (χ2n) is 4.16. The van der Waals surface area contributed by atoms with Crippen LogP contribution in [0.1, 0.15) is 21.5 Å². The van der Waals surface area contributed by atoms with Gasteiger partial charge in [-0.25, -0.2) is 4.79 Å². The van der Waals surface area contributed by atoms with Gasteiger partial charge in [0, 0.05) is 10.6 Å². The van der Waals surface area contributed by atoms with Crippen molar-refractivity contribution in [2.75, 3.05) is 0 Å². The molecular formula is C15H13ClO3. The number of halogens is 1. The van der Waals surface area contributed by atoms with Gasteiger partial charge < -0.3 is 9.84 Å². The smallest absolute Gasteiger partial charge is 0.335 e. The van der Waals surface area contributed by atoms with Gasteiger partial charge in [-0.3, -0.25) is 0 Å². The minimum atomic E-state index is -0.944. The van der Waals surface area contributed by atoms with Crippen LogP contribution in [-0.2, 0) is 6.61 Å². The van der Waals surface area contributed by atoms with E-state index in [1.54, 1.807) is 24.3 Å². The van der Waals surface area contributed by atoms with Crippen molar-refractivity contribution in [3.8, 4) is 5.75 Å². The molecular weight excluding hydrogens is 264 g/mol. The Labute approximate surface area is 116 Å². The highest BCUT2D eigenvalue weighted by Gasteiger charge is 2.06. The van der Waals surface area contributed by atoms with Crippen LogP contribution in [0.25, 0.3) is 0 Å². The van der Waals surface area contributed by atoms with Crippen LogP contribution in [0.15, 0.2) is 42.5 Å². The Kier molecular flexibility index (Phi) is 4.07. The van der Waals surface area contributed by atoms with Gasteiger partial charge >= 0.3 is 5.97 Å². The summed E-state index contributed by atoms with van der Waals surface area (Å²) in [5, 5.41) is 9.57. The first-order valence-corrected chi connectivity index (χ1v) is 6.16. The molecule has 0 amide bonds. The first-order chi connectivity index (χ1) is 9.08. The monoisotopic (exact) mass is 276 g/mol. The number of rotatable bonds is 4. The number of carboxylic acid groups (broad SMARTS) is 1. The molecule has 0 aliphatic rings. The molecule has 0 aromatic heterocycles. The van der Waals surface area contributed by atoms with Crippen LogP contribution in [0.2, 0.25) is 5.02 Å².